The van der Waals surface area contributed by atoms with Gasteiger partial charge in [0.1, 0.15) is 0 Å². The van der Waals surface area contributed by atoms with Crippen LogP contribution in [0.1, 0.15) is 43.6 Å². The molecular weight excluding hydrogens is 220 g/mol. The predicted molar refractivity (Wildman–Crippen MR) is 66.6 cm³/mol. The van der Waals surface area contributed by atoms with Crippen LogP contribution in [0.3, 0.4) is 0 Å². The van der Waals surface area contributed by atoms with Gasteiger partial charge in [0.05, 0.1) is 0 Å². The van der Waals surface area contributed by atoms with Crippen molar-refractivity contribution in [1.82, 2.24) is 0 Å². The Labute approximate surface area is 102 Å². The lowest BCUT2D eigenvalue weighted by Crippen LogP contribution is -2.12. The molecule has 0 radical (unpaired) electrons. The molecule has 2 rings (SSSR count). The topological polar surface area (TPSA) is 17.1 Å². The van der Waals surface area contributed by atoms with Crippen LogP contribution in [0.15, 0.2) is 30.3 Å². The Kier molecular flexibility index (Phi) is 4.00. The molecule has 2 heteroatoms. The molecule has 0 bridgehead atoms. The van der Waals surface area contributed by atoms with Crippen molar-refractivity contribution >= 4 is 16.8 Å². The molecule has 0 amide bonds. The highest BCUT2D eigenvalue weighted by molar-refractivity contribution is 6.63. The first-order valence-corrected chi connectivity index (χ1v) is 6.38. The number of rotatable bonds is 4. The Morgan fingerprint density at radius 3 is 2.44 bits per heavy atom. The molecule has 86 valence electrons. The van der Waals surface area contributed by atoms with Gasteiger partial charge < -0.3 is 0 Å². The van der Waals surface area contributed by atoms with Crippen molar-refractivity contribution in [3.8, 4) is 0 Å². The molecule has 0 N–H and O–H groups in total. The minimum Gasteiger partial charge on any atom is -0.281 e. The highest BCUT2D eigenvalue weighted by Gasteiger charge is 2.27. The summed E-state index contributed by atoms with van der Waals surface area (Å²) in [5, 5.41) is -0.208. The molecule has 1 unspecified atom stereocenters. The lowest BCUT2D eigenvalue weighted by atomic mass is 9.83. The van der Waals surface area contributed by atoms with E-state index in [-0.39, 0.29) is 5.24 Å². The van der Waals surface area contributed by atoms with Gasteiger partial charge in [-0.15, -0.1) is 0 Å². The van der Waals surface area contributed by atoms with Crippen molar-refractivity contribution in [2.45, 2.75) is 38.0 Å². The lowest BCUT2D eigenvalue weighted by Gasteiger charge is -2.22. The van der Waals surface area contributed by atoms with E-state index in [0.717, 1.165) is 0 Å². The molecule has 0 aliphatic heterocycles. The summed E-state index contributed by atoms with van der Waals surface area (Å²) in [6, 6.07) is 10.3. The molecule has 1 aromatic rings. The van der Waals surface area contributed by atoms with Crippen LogP contribution in [-0.4, -0.2) is 5.24 Å². The second-order valence-corrected chi connectivity index (χ2v) is 5.04. The zero-order chi connectivity index (χ0) is 11.4. The summed E-state index contributed by atoms with van der Waals surface area (Å²) >= 11 is 5.56. The van der Waals surface area contributed by atoms with Gasteiger partial charge >= 0.3 is 0 Å². The molecule has 1 fully saturated rings. The average molecular weight is 237 g/mol. The van der Waals surface area contributed by atoms with E-state index in [2.05, 4.69) is 12.1 Å². The molecule has 0 aromatic heterocycles. The van der Waals surface area contributed by atoms with Gasteiger partial charge in [-0.1, -0.05) is 43.2 Å². The Balaban J connectivity index is 2.16. The Morgan fingerprint density at radius 1 is 1.25 bits per heavy atom. The van der Waals surface area contributed by atoms with Crippen molar-refractivity contribution in [3.05, 3.63) is 35.9 Å². The van der Waals surface area contributed by atoms with Gasteiger partial charge in [-0.3, -0.25) is 4.79 Å². The van der Waals surface area contributed by atoms with Crippen molar-refractivity contribution in [1.29, 1.82) is 0 Å². The second kappa shape index (κ2) is 5.49. The fraction of sp³-hybridized carbons (Fsp3) is 0.500. The summed E-state index contributed by atoms with van der Waals surface area (Å²) in [6.07, 6.45) is 5.55. The first-order valence-electron chi connectivity index (χ1n) is 6.00. The Hall–Kier alpha value is -0.820. The van der Waals surface area contributed by atoms with Crippen molar-refractivity contribution in [2.75, 3.05) is 0 Å². The van der Waals surface area contributed by atoms with E-state index in [1.807, 2.05) is 18.2 Å². The summed E-state index contributed by atoms with van der Waals surface area (Å²) in [5.74, 6) is 0.971. The molecule has 1 atom stereocenters. The first kappa shape index (κ1) is 11.7. The van der Waals surface area contributed by atoms with E-state index >= 15 is 0 Å². The largest absolute Gasteiger partial charge is 0.281 e. The third-order valence-corrected chi connectivity index (χ3v) is 3.73. The van der Waals surface area contributed by atoms with Gasteiger partial charge in [-0.2, -0.15) is 0 Å². The fourth-order valence-corrected chi connectivity index (χ4v) is 2.96. The minimum atomic E-state index is -0.208. The Bertz CT molecular complexity index is 341. The summed E-state index contributed by atoms with van der Waals surface area (Å²) in [6.45, 7) is 0. The van der Waals surface area contributed by atoms with Crippen molar-refractivity contribution in [3.63, 3.8) is 0 Å². The fourth-order valence-electron chi connectivity index (χ4n) is 2.79. The van der Waals surface area contributed by atoms with E-state index in [9.17, 15) is 4.79 Å². The average Bonchev–Trinajstić information content (AvgIpc) is 2.80. The SMILES string of the molecule is O=C(Cl)CC(c1ccccc1)C1CCCC1. The second-order valence-electron chi connectivity index (χ2n) is 4.62. The highest BCUT2D eigenvalue weighted by Crippen LogP contribution is 2.39. The molecule has 0 spiro atoms. The van der Waals surface area contributed by atoms with E-state index in [0.29, 0.717) is 18.3 Å². The minimum absolute atomic E-state index is 0.208. The van der Waals surface area contributed by atoms with Crippen molar-refractivity contribution < 1.29 is 4.79 Å². The third-order valence-electron chi connectivity index (χ3n) is 3.58. The number of halogens is 1. The van der Waals surface area contributed by atoms with Gasteiger partial charge in [0.15, 0.2) is 0 Å². The summed E-state index contributed by atoms with van der Waals surface area (Å²) in [7, 11) is 0. The normalized spacial score (nSPS) is 18.6. The number of benzene rings is 1. The maximum atomic E-state index is 11.1. The smallest absolute Gasteiger partial charge is 0.222 e. The summed E-state index contributed by atoms with van der Waals surface area (Å²) < 4.78 is 0. The third kappa shape index (κ3) is 2.85. The molecule has 16 heavy (non-hydrogen) atoms. The molecule has 1 nitrogen and oxygen atoms in total. The lowest BCUT2D eigenvalue weighted by molar-refractivity contribution is -0.112. The molecule has 0 saturated heterocycles. The van der Waals surface area contributed by atoms with Gasteiger partial charge in [-0.25, -0.2) is 0 Å². The number of carbonyl (C=O) groups excluding carboxylic acids is 1. The maximum Gasteiger partial charge on any atom is 0.222 e. The quantitative estimate of drug-likeness (QED) is 0.719. The van der Waals surface area contributed by atoms with E-state index in [1.165, 1.54) is 31.2 Å². The number of hydrogen-bond donors (Lipinski definition) is 0. The van der Waals surface area contributed by atoms with Crippen LogP contribution in [0.5, 0.6) is 0 Å². The van der Waals surface area contributed by atoms with Crippen LogP contribution < -0.4 is 0 Å². The first-order chi connectivity index (χ1) is 7.77. The zero-order valence-electron chi connectivity index (χ0n) is 9.36. The molecule has 1 saturated carbocycles. The number of carbonyl (C=O) groups is 1. The number of hydrogen-bond acceptors (Lipinski definition) is 1. The van der Waals surface area contributed by atoms with Crippen LogP contribution >= 0.6 is 11.6 Å². The van der Waals surface area contributed by atoms with Gasteiger partial charge in [0, 0.05) is 6.42 Å². The summed E-state index contributed by atoms with van der Waals surface area (Å²) in [5.41, 5.74) is 1.27. The highest BCUT2D eigenvalue weighted by atomic mass is 35.5. The molecule has 0 heterocycles. The monoisotopic (exact) mass is 236 g/mol. The maximum absolute atomic E-state index is 11.1. The summed E-state index contributed by atoms with van der Waals surface area (Å²) in [4.78, 5) is 11.1. The molecule has 1 aliphatic carbocycles. The molecular formula is C14H17ClO. The van der Waals surface area contributed by atoms with Crippen LogP contribution in [0, 0.1) is 5.92 Å². The van der Waals surface area contributed by atoms with Gasteiger partial charge in [0.25, 0.3) is 0 Å². The van der Waals surface area contributed by atoms with Gasteiger partial charge in [-0.05, 0) is 41.8 Å². The standard InChI is InChI=1S/C14H17ClO/c15-14(16)10-13(12-8-4-5-9-12)11-6-2-1-3-7-11/h1-3,6-7,12-13H,4-5,8-10H2. The molecule has 1 aliphatic rings. The molecule has 1 aromatic carbocycles. The van der Waals surface area contributed by atoms with E-state index in [1.54, 1.807) is 0 Å². The van der Waals surface area contributed by atoms with Crippen LogP contribution in [-0.2, 0) is 4.79 Å². The van der Waals surface area contributed by atoms with Gasteiger partial charge in [0.2, 0.25) is 5.24 Å². The predicted octanol–water partition coefficient (Wildman–Crippen LogP) is 4.12. The van der Waals surface area contributed by atoms with Crippen LogP contribution in [0.25, 0.3) is 0 Å². The van der Waals surface area contributed by atoms with Crippen molar-refractivity contribution in [2.24, 2.45) is 5.92 Å². The zero-order valence-corrected chi connectivity index (χ0v) is 10.1. The van der Waals surface area contributed by atoms with Crippen LogP contribution in [0.4, 0.5) is 0 Å². The Morgan fingerprint density at radius 2 is 1.88 bits per heavy atom. The van der Waals surface area contributed by atoms with Crippen LogP contribution in [0.2, 0.25) is 0 Å². The van der Waals surface area contributed by atoms with E-state index in [4.69, 9.17) is 11.6 Å². The van der Waals surface area contributed by atoms with E-state index < -0.39 is 0 Å².